The Morgan fingerprint density at radius 1 is 1.27 bits per heavy atom. The summed E-state index contributed by atoms with van der Waals surface area (Å²) in [5.41, 5.74) is 2.04. The summed E-state index contributed by atoms with van der Waals surface area (Å²) < 4.78 is 13.4. The Hall–Kier alpha value is -2.15. The van der Waals surface area contributed by atoms with Gasteiger partial charge in [-0.3, -0.25) is 4.79 Å². The number of amides is 1. The number of aromatic nitrogens is 2. The second-order valence-electron chi connectivity index (χ2n) is 6.02. The largest absolute Gasteiger partial charge is 0.486 e. The summed E-state index contributed by atoms with van der Waals surface area (Å²) in [7, 11) is 0. The van der Waals surface area contributed by atoms with Gasteiger partial charge in [-0.1, -0.05) is 25.1 Å². The Morgan fingerprint density at radius 2 is 2.08 bits per heavy atom. The lowest BCUT2D eigenvalue weighted by molar-refractivity contribution is -0.118. The number of carbonyl (C=O) groups is 1. The van der Waals surface area contributed by atoms with Crippen LogP contribution in [0.25, 0.3) is 11.3 Å². The third kappa shape index (κ3) is 4.33. The third-order valence-electron chi connectivity index (χ3n) is 4.16. The molecule has 0 saturated carbocycles. The van der Waals surface area contributed by atoms with Gasteiger partial charge in [0.05, 0.1) is 17.6 Å². The van der Waals surface area contributed by atoms with E-state index in [4.69, 9.17) is 9.47 Å². The maximum absolute atomic E-state index is 11.9. The zero-order valence-corrected chi connectivity index (χ0v) is 16.1. The van der Waals surface area contributed by atoms with E-state index in [-0.39, 0.29) is 5.91 Å². The van der Waals surface area contributed by atoms with E-state index in [1.54, 1.807) is 0 Å². The van der Waals surface area contributed by atoms with Gasteiger partial charge in [0.15, 0.2) is 16.7 Å². The van der Waals surface area contributed by atoms with Crippen molar-refractivity contribution in [2.45, 2.75) is 38.4 Å². The number of ether oxygens (including phenoxy) is 2. The van der Waals surface area contributed by atoms with Crippen LogP contribution in [-0.4, -0.2) is 41.0 Å². The van der Waals surface area contributed by atoms with E-state index in [9.17, 15) is 4.79 Å². The van der Waals surface area contributed by atoms with E-state index < -0.39 is 0 Å². The number of nitrogens with one attached hydrogen (secondary N) is 1. The molecule has 0 bridgehead atoms. The quantitative estimate of drug-likeness (QED) is 0.566. The van der Waals surface area contributed by atoms with E-state index in [1.165, 1.54) is 11.8 Å². The lowest BCUT2D eigenvalue weighted by atomic mass is 10.1. The van der Waals surface area contributed by atoms with Gasteiger partial charge >= 0.3 is 0 Å². The highest BCUT2D eigenvalue weighted by atomic mass is 32.2. The lowest BCUT2D eigenvalue weighted by Crippen LogP contribution is -2.26. The van der Waals surface area contributed by atoms with Gasteiger partial charge in [0.1, 0.15) is 13.2 Å². The van der Waals surface area contributed by atoms with Crippen LogP contribution in [0.1, 0.15) is 26.7 Å². The van der Waals surface area contributed by atoms with Gasteiger partial charge in [-0.25, -0.2) is 4.98 Å². The molecule has 7 heteroatoms. The smallest absolute Gasteiger partial charge is 0.230 e. The molecule has 1 aliphatic rings. The Bertz CT molecular complexity index is 760. The van der Waals surface area contributed by atoms with E-state index in [2.05, 4.69) is 28.7 Å². The van der Waals surface area contributed by atoms with E-state index in [0.29, 0.717) is 19.0 Å². The van der Waals surface area contributed by atoms with Gasteiger partial charge in [0, 0.05) is 18.7 Å². The van der Waals surface area contributed by atoms with Gasteiger partial charge in [0.25, 0.3) is 0 Å². The molecule has 2 heterocycles. The van der Waals surface area contributed by atoms with Crippen LogP contribution in [0.15, 0.2) is 29.6 Å². The van der Waals surface area contributed by atoms with Crippen molar-refractivity contribution in [2.75, 3.05) is 25.5 Å². The highest BCUT2D eigenvalue weighted by Gasteiger charge is 2.16. The highest BCUT2D eigenvalue weighted by molar-refractivity contribution is 7.99. The molecule has 2 aromatic rings. The van der Waals surface area contributed by atoms with Crippen LogP contribution in [0.5, 0.6) is 11.5 Å². The number of thioether (sulfide) groups is 1. The van der Waals surface area contributed by atoms with Crippen LogP contribution in [0.4, 0.5) is 0 Å². The minimum atomic E-state index is 0.0509. The molecular weight excluding hydrogens is 350 g/mol. The maximum Gasteiger partial charge on any atom is 0.230 e. The first-order chi connectivity index (χ1) is 12.7. The average molecular weight is 375 g/mol. The molecule has 6 nitrogen and oxygen atoms in total. The second kappa shape index (κ2) is 8.98. The molecule has 0 fully saturated rings. The molecule has 1 aromatic heterocycles. The fourth-order valence-corrected chi connectivity index (χ4v) is 3.67. The van der Waals surface area contributed by atoms with E-state index in [0.717, 1.165) is 53.8 Å². The number of benzene rings is 1. The fourth-order valence-electron chi connectivity index (χ4n) is 2.80. The fraction of sp³-hybridized carbons (Fsp3) is 0.474. The zero-order valence-electron chi connectivity index (χ0n) is 15.3. The summed E-state index contributed by atoms with van der Waals surface area (Å²) in [5.74, 6) is 1.97. The summed E-state index contributed by atoms with van der Waals surface area (Å²) in [6.07, 6.45) is 3.94. The van der Waals surface area contributed by atoms with Crippen molar-refractivity contribution in [3.8, 4) is 22.8 Å². The van der Waals surface area contributed by atoms with Crippen LogP contribution < -0.4 is 14.8 Å². The van der Waals surface area contributed by atoms with Gasteiger partial charge in [-0.2, -0.15) is 0 Å². The SMILES string of the molecule is CCCCNC(=O)CSc1ncc(-c2ccc3c(c2)OCCO3)n1CC. The highest BCUT2D eigenvalue weighted by Crippen LogP contribution is 2.35. The summed E-state index contributed by atoms with van der Waals surface area (Å²) in [5, 5.41) is 3.79. The molecule has 3 rings (SSSR count). The van der Waals surface area contributed by atoms with Crippen LogP contribution in [0, 0.1) is 0 Å². The molecule has 26 heavy (non-hydrogen) atoms. The number of carbonyl (C=O) groups excluding carboxylic acids is 1. The van der Waals surface area contributed by atoms with Crippen LogP contribution in [0.2, 0.25) is 0 Å². The second-order valence-corrected chi connectivity index (χ2v) is 6.96. The van der Waals surface area contributed by atoms with Crippen LogP contribution in [-0.2, 0) is 11.3 Å². The summed E-state index contributed by atoms with van der Waals surface area (Å²) >= 11 is 1.47. The van der Waals surface area contributed by atoms with Crippen molar-refractivity contribution in [3.05, 3.63) is 24.4 Å². The number of fused-ring (bicyclic) bond motifs is 1. The molecule has 0 unspecified atom stereocenters. The minimum absolute atomic E-state index is 0.0509. The van der Waals surface area contributed by atoms with Gasteiger partial charge in [-0.05, 0) is 31.5 Å². The lowest BCUT2D eigenvalue weighted by Gasteiger charge is -2.19. The molecule has 140 valence electrons. The number of nitrogens with zero attached hydrogens (tertiary/aromatic N) is 2. The van der Waals surface area contributed by atoms with Crippen molar-refractivity contribution < 1.29 is 14.3 Å². The van der Waals surface area contributed by atoms with Gasteiger partial charge in [-0.15, -0.1) is 0 Å². The van der Waals surface area contributed by atoms with Crippen molar-refractivity contribution in [3.63, 3.8) is 0 Å². The average Bonchev–Trinajstić information content (AvgIpc) is 3.09. The molecule has 0 saturated heterocycles. The molecular formula is C19H25N3O3S. The molecule has 1 amide bonds. The minimum Gasteiger partial charge on any atom is -0.486 e. The molecule has 0 radical (unpaired) electrons. The Morgan fingerprint density at radius 3 is 2.85 bits per heavy atom. The topological polar surface area (TPSA) is 65.4 Å². The zero-order chi connectivity index (χ0) is 18.4. The number of hydrogen-bond donors (Lipinski definition) is 1. The molecule has 1 aliphatic heterocycles. The van der Waals surface area contributed by atoms with Gasteiger partial charge in [0.2, 0.25) is 5.91 Å². The predicted octanol–water partition coefficient (Wildman–Crippen LogP) is 3.35. The number of hydrogen-bond acceptors (Lipinski definition) is 5. The number of imidazole rings is 1. The Labute approximate surface area is 158 Å². The van der Waals surface area contributed by atoms with E-state index >= 15 is 0 Å². The van der Waals surface area contributed by atoms with Crippen molar-refractivity contribution in [1.82, 2.24) is 14.9 Å². The molecule has 0 atom stereocenters. The molecule has 0 aliphatic carbocycles. The first kappa shape index (κ1) is 18.6. The van der Waals surface area contributed by atoms with Crippen LogP contribution >= 0.6 is 11.8 Å². The predicted molar refractivity (Wildman–Crippen MR) is 103 cm³/mol. The maximum atomic E-state index is 11.9. The van der Waals surface area contributed by atoms with E-state index in [1.807, 2.05) is 24.4 Å². The van der Waals surface area contributed by atoms with Crippen LogP contribution in [0.3, 0.4) is 0 Å². The third-order valence-corrected chi connectivity index (χ3v) is 5.15. The summed E-state index contributed by atoms with van der Waals surface area (Å²) in [6.45, 7) is 6.86. The summed E-state index contributed by atoms with van der Waals surface area (Å²) in [6, 6.07) is 5.94. The number of rotatable bonds is 8. The molecule has 1 aromatic carbocycles. The normalized spacial score (nSPS) is 12.8. The molecule has 1 N–H and O–H groups in total. The summed E-state index contributed by atoms with van der Waals surface area (Å²) in [4.78, 5) is 16.4. The standard InChI is InChI=1S/C19H25N3O3S/c1-3-5-8-20-18(23)13-26-19-21-12-15(22(19)4-2)14-6-7-16-17(11-14)25-10-9-24-16/h6-7,11-12H,3-5,8-10,13H2,1-2H3,(H,20,23). The first-order valence-electron chi connectivity index (χ1n) is 9.08. The monoisotopic (exact) mass is 375 g/mol. The van der Waals surface area contributed by atoms with Crippen molar-refractivity contribution in [1.29, 1.82) is 0 Å². The van der Waals surface area contributed by atoms with Gasteiger partial charge < -0.3 is 19.4 Å². The Kier molecular flexibility index (Phi) is 6.44. The molecule has 0 spiro atoms. The Balaban J connectivity index is 1.71. The number of unbranched alkanes of at least 4 members (excludes halogenated alkanes) is 1. The van der Waals surface area contributed by atoms with Crippen molar-refractivity contribution in [2.24, 2.45) is 0 Å². The van der Waals surface area contributed by atoms with Crippen molar-refractivity contribution >= 4 is 17.7 Å². The first-order valence-corrected chi connectivity index (χ1v) is 10.1.